The lowest BCUT2D eigenvalue weighted by molar-refractivity contribution is -0.137. The average Bonchev–Trinajstić information content (AvgIpc) is 2.40. The minimum atomic E-state index is -4.54. The summed E-state index contributed by atoms with van der Waals surface area (Å²) in [6, 6.07) is 9.03. The standard InChI is InChI=1S/C15H14F4N2/c1-2-21(12-5-3-4-10(16)8-12)14-7-6-11(20)9-13(14)15(17,18)19/h3-9H,2,20H2,1H3. The van der Waals surface area contributed by atoms with Gasteiger partial charge in [0, 0.05) is 17.9 Å². The summed E-state index contributed by atoms with van der Waals surface area (Å²) in [7, 11) is 0. The van der Waals surface area contributed by atoms with Gasteiger partial charge >= 0.3 is 6.18 Å². The molecule has 0 saturated carbocycles. The van der Waals surface area contributed by atoms with E-state index in [4.69, 9.17) is 5.73 Å². The van der Waals surface area contributed by atoms with E-state index in [2.05, 4.69) is 0 Å². The molecule has 0 fully saturated rings. The van der Waals surface area contributed by atoms with Crippen LogP contribution < -0.4 is 10.6 Å². The van der Waals surface area contributed by atoms with Crippen molar-refractivity contribution in [2.45, 2.75) is 13.1 Å². The SMILES string of the molecule is CCN(c1cccc(F)c1)c1ccc(N)cc1C(F)(F)F. The fraction of sp³-hybridized carbons (Fsp3) is 0.200. The minimum Gasteiger partial charge on any atom is -0.399 e. The van der Waals surface area contributed by atoms with Gasteiger partial charge in [0.25, 0.3) is 0 Å². The second kappa shape index (κ2) is 5.63. The van der Waals surface area contributed by atoms with Crippen molar-refractivity contribution in [2.24, 2.45) is 0 Å². The molecule has 0 amide bonds. The number of nitrogens with two attached hydrogens (primary N) is 1. The van der Waals surface area contributed by atoms with Gasteiger partial charge in [0.1, 0.15) is 5.82 Å². The van der Waals surface area contributed by atoms with Crippen LogP contribution in [0.4, 0.5) is 34.6 Å². The van der Waals surface area contributed by atoms with E-state index in [9.17, 15) is 17.6 Å². The van der Waals surface area contributed by atoms with Crippen molar-refractivity contribution in [1.29, 1.82) is 0 Å². The first-order chi connectivity index (χ1) is 9.82. The fourth-order valence-corrected chi connectivity index (χ4v) is 2.15. The van der Waals surface area contributed by atoms with Gasteiger partial charge in [-0.2, -0.15) is 13.2 Å². The van der Waals surface area contributed by atoms with Crippen LogP contribution in [0.2, 0.25) is 0 Å². The molecule has 0 radical (unpaired) electrons. The monoisotopic (exact) mass is 298 g/mol. The normalized spacial score (nSPS) is 11.5. The first kappa shape index (κ1) is 15.2. The third-order valence-corrected chi connectivity index (χ3v) is 3.05. The van der Waals surface area contributed by atoms with Crippen molar-refractivity contribution < 1.29 is 17.6 Å². The molecule has 6 heteroatoms. The molecule has 21 heavy (non-hydrogen) atoms. The number of benzene rings is 2. The number of alkyl halides is 3. The number of halogens is 4. The highest BCUT2D eigenvalue weighted by molar-refractivity contribution is 5.69. The van der Waals surface area contributed by atoms with Crippen LogP contribution in [-0.2, 0) is 6.18 Å². The molecule has 0 aliphatic heterocycles. The Bertz CT molecular complexity index is 638. The summed E-state index contributed by atoms with van der Waals surface area (Å²) in [5.74, 6) is -0.505. The van der Waals surface area contributed by atoms with E-state index in [0.717, 1.165) is 6.07 Å². The Hall–Kier alpha value is -2.24. The van der Waals surface area contributed by atoms with Crippen LogP contribution in [0.5, 0.6) is 0 Å². The highest BCUT2D eigenvalue weighted by atomic mass is 19.4. The smallest absolute Gasteiger partial charge is 0.399 e. The van der Waals surface area contributed by atoms with Crippen molar-refractivity contribution in [1.82, 2.24) is 0 Å². The largest absolute Gasteiger partial charge is 0.418 e. The van der Waals surface area contributed by atoms with Crippen LogP contribution in [0, 0.1) is 5.82 Å². The van der Waals surface area contributed by atoms with E-state index in [1.165, 1.54) is 35.2 Å². The quantitative estimate of drug-likeness (QED) is 0.663. The molecular formula is C15H14F4N2. The van der Waals surface area contributed by atoms with E-state index >= 15 is 0 Å². The van der Waals surface area contributed by atoms with Gasteiger partial charge < -0.3 is 10.6 Å². The molecule has 112 valence electrons. The van der Waals surface area contributed by atoms with Crippen molar-refractivity contribution in [3.63, 3.8) is 0 Å². The topological polar surface area (TPSA) is 29.3 Å². The Balaban J connectivity index is 2.58. The lowest BCUT2D eigenvalue weighted by Crippen LogP contribution is -2.21. The van der Waals surface area contributed by atoms with E-state index < -0.39 is 17.6 Å². The Morgan fingerprint density at radius 1 is 1.10 bits per heavy atom. The number of rotatable bonds is 3. The zero-order chi connectivity index (χ0) is 15.6. The van der Waals surface area contributed by atoms with Gasteiger partial charge in [0.15, 0.2) is 0 Å². The zero-order valence-electron chi connectivity index (χ0n) is 11.3. The number of hydrogen-bond acceptors (Lipinski definition) is 2. The van der Waals surface area contributed by atoms with Crippen molar-refractivity contribution in [2.75, 3.05) is 17.2 Å². The predicted molar refractivity (Wildman–Crippen MR) is 74.9 cm³/mol. The Kier molecular flexibility index (Phi) is 4.06. The molecular weight excluding hydrogens is 284 g/mol. The highest BCUT2D eigenvalue weighted by Gasteiger charge is 2.35. The number of anilines is 3. The fourth-order valence-electron chi connectivity index (χ4n) is 2.15. The molecule has 0 aromatic heterocycles. The van der Waals surface area contributed by atoms with Crippen LogP contribution >= 0.6 is 0 Å². The van der Waals surface area contributed by atoms with Gasteiger partial charge in [-0.3, -0.25) is 0 Å². The molecule has 2 rings (SSSR count). The summed E-state index contributed by atoms with van der Waals surface area (Å²) in [5.41, 5.74) is 4.94. The van der Waals surface area contributed by atoms with Crippen molar-refractivity contribution in [3.8, 4) is 0 Å². The van der Waals surface area contributed by atoms with Gasteiger partial charge in [0.05, 0.1) is 11.3 Å². The molecule has 2 aromatic rings. The number of nitrogens with zero attached hydrogens (tertiary/aromatic N) is 1. The molecule has 0 unspecified atom stereocenters. The molecule has 0 saturated heterocycles. The summed E-state index contributed by atoms with van der Waals surface area (Å²) in [6.45, 7) is 1.96. The first-order valence-electron chi connectivity index (χ1n) is 6.32. The molecule has 2 nitrogen and oxygen atoms in total. The summed E-state index contributed by atoms with van der Waals surface area (Å²) >= 11 is 0. The number of nitrogen functional groups attached to an aromatic ring is 1. The summed E-state index contributed by atoms with van der Waals surface area (Å²) in [4.78, 5) is 1.39. The molecule has 0 aliphatic carbocycles. The van der Waals surface area contributed by atoms with Crippen LogP contribution in [0.15, 0.2) is 42.5 Å². The first-order valence-corrected chi connectivity index (χ1v) is 6.32. The third kappa shape index (κ3) is 3.26. The van der Waals surface area contributed by atoms with Crippen molar-refractivity contribution in [3.05, 3.63) is 53.8 Å². The third-order valence-electron chi connectivity index (χ3n) is 3.05. The summed E-state index contributed by atoms with van der Waals surface area (Å²) in [6.07, 6.45) is -4.54. The van der Waals surface area contributed by atoms with E-state index in [0.29, 0.717) is 5.69 Å². The molecule has 0 spiro atoms. The van der Waals surface area contributed by atoms with Crippen LogP contribution in [0.1, 0.15) is 12.5 Å². The molecule has 0 heterocycles. The molecule has 0 aliphatic rings. The maximum atomic E-state index is 13.3. The molecule has 2 aromatic carbocycles. The van der Waals surface area contributed by atoms with Crippen LogP contribution in [-0.4, -0.2) is 6.54 Å². The summed E-state index contributed by atoms with van der Waals surface area (Å²) in [5, 5.41) is 0. The van der Waals surface area contributed by atoms with Crippen LogP contribution in [0.3, 0.4) is 0 Å². The maximum Gasteiger partial charge on any atom is 0.418 e. The second-order valence-electron chi connectivity index (χ2n) is 4.50. The lowest BCUT2D eigenvalue weighted by atomic mass is 10.1. The highest BCUT2D eigenvalue weighted by Crippen LogP contribution is 2.40. The van der Waals surface area contributed by atoms with E-state index in [1.54, 1.807) is 13.0 Å². The Labute approximate surface area is 119 Å². The van der Waals surface area contributed by atoms with Gasteiger partial charge in [-0.05, 0) is 43.3 Å². The minimum absolute atomic E-state index is 0.0290. The predicted octanol–water partition coefficient (Wildman–Crippen LogP) is 4.58. The average molecular weight is 298 g/mol. The molecule has 0 bridgehead atoms. The lowest BCUT2D eigenvalue weighted by Gasteiger charge is -2.27. The summed E-state index contributed by atoms with van der Waals surface area (Å²) < 4.78 is 52.8. The molecule has 0 atom stereocenters. The zero-order valence-corrected chi connectivity index (χ0v) is 11.3. The second-order valence-corrected chi connectivity index (χ2v) is 4.50. The van der Waals surface area contributed by atoms with E-state index in [1.807, 2.05) is 0 Å². The van der Waals surface area contributed by atoms with Gasteiger partial charge in [-0.1, -0.05) is 6.07 Å². The maximum absolute atomic E-state index is 13.3. The number of hydrogen-bond donors (Lipinski definition) is 1. The Morgan fingerprint density at radius 2 is 1.81 bits per heavy atom. The van der Waals surface area contributed by atoms with E-state index in [-0.39, 0.29) is 17.9 Å². The Morgan fingerprint density at radius 3 is 2.38 bits per heavy atom. The van der Waals surface area contributed by atoms with Crippen molar-refractivity contribution >= 4 is 17.1 Å². The van der Waals surface area contributed by atoms with Crippen LogP contribution in [0.25, 0.3) is 0 Å². The van der Waals surface area contributed by atoms with Gasteiger partial charge in [-0.25, -0.2) is 4.39 Å². The van der Waals surface area contributed by atoms with Gasteiger partial charge in [-0.15, -0.1) is 0 Å². The molecule has 2 N–H and O–H groups in total. The van der Waals surface area contributed by atoms with Gasteiger partial charge in [0.2, 0.25) is 0 Å².